The number of carbonyl (C=O) groups excluding carboxylic acids is 2. The number of halogens is 3. The third kappa shape index (κ3) is 6.09. The van der Waals surface area contributed by atoms with Gasteiger partial charge in [-0.05, 0) is 115 Å². The molecule has 0 radical (unpaired) electrons. The Bertz CT molecular complexity index is 1570. The Morgan fingerprint density at radius 3 is 2.16 bits per heavy atom. The zero-order chi connectivity index (χ0) is 31.3. The Morgan fingerprint density at radius 1 is 0.867 bits per heavy atom. The smallest absolute Gasteiger partial charge is 0.416 e. The van der Waals surface area contributed by atoms with Crippen LogP contribution in [-0.4, -0.2) is 64.7 Å². The van der Waals surface area contributed by atoms with Crippen LogP contribution in [0, 0.1) is 23.2 Å². The maximum absolute atomic E-state index is 13.7. The number of rotatable bonds is 6. The van der Waals surface area contributed by atoms with Crippen molar-refractivity contribution in [3.8, 4) is 16.9 Å². The number of amides is 2. The topological polar surface area (TPSA) is 98.7 Å². The van der Waals surface area contributed by atoms with Crippen LogP contribution in [0.4, 0.5) is 19.0 Å². The highest BCUT2D eigenvalue weighted by atomic mass is 19.4. The summed E-state index contributed by atoms with van der Waals surface area (Å²) in [7, 11) is 0. The van der Waals surface area contributed by atoms with E-state index in [-0.39, 0.29) is 47.0 Å². The van der Waals surface area contributed by atoms with Crippen molar-refractivity contribution in [2.24, 2.45) is 23.2 Å². The van der Waals surface area contributed by atoms with E-state index < -0.39 is 17.6 Å². The molecule has 1 aromatic heterocycles. The first-order valence-electron chi connectivity index (χ1n) is 15.7. The van der Waals surface area contributed by atoms with Gasteiger partial charge < -0.3 is 20.2 Å². The first-order valence-corrected chi connectivity index (χ1v) is 15.7. The van der Waals surface area contributed by atoms with Gasteiger partial charge in [0.1, 0.15) is 5.75 Å². The molecule has 4 saturated carbocycles. The first kappa shape index (κ1) is 29.6. The largest absolute Gasteiger partial charge is 0.508 e. The van der Waals surface area contributed by atoms with Gasteiger partial charge in [-0.1, -0.05) is 12.1 Å². The van der Waals surface area contributed by atoms with Gasteiger partial charge in [0.2, 0.25) is 0 Å². The third-order valence-electron chi connectivity index (χ3n) is 10.2. The Hall–Kier alpha value is -4.15. The second kappa shape index (κ2) is 11.3. The molecule has 5 aliphatic rings. The van der Waals surface area contributed by atoms with Crippen LogP contribution >= 0.6 is 0 Å². The molecule has 236 valence electrons. The summed E-state index contributed by atoms with van der Waals surface area (Å²) in [4.78, 5) is 29.8. The minimum atomic E-state index is -4.64. The number of hydrogen-bond acceptors (Lipinski definition) is 6. The van der Waals surface area contributed by atoms with E-state index in [0.29, 0.717) is 31.0 Å². The molecule has 4 bridgehead atoms. The van der Waals surface area contributed by atoms with Gasteiger partial charge in [0, 0.05) is 38.3 Å². The number of anilines is 1. The summed E-state index contributed by atoms with van der Waals surface area (Å²) in [5, 5.41) is 21.4. The first-order chi connectivity index (χ1) is 21.5. The van der Waals surface area contributed by atoms with Crippen molar-refractivity contribution in [3.63, 3.8) is 0 Å². The summed E-state index contributed by atoms with van der Waals surface area (Å²) < 4.78 is 41.2. The third-order valence-corrected chi connectivity index (χ3v) is 10.2. The van der Waals surface area contributed by atoms with Gasteiger partial charge in [0.05, 0.1) is 5.56 Å². The van der Waals surface area contributed by atoms with Crippen LogP contribution in [0.15, 0.2) is 54.6 Å². The number of phenolic OH excluding ortho intramolecular Hbond substituents is 1. The van der Waals surface area contributed by atoms with Crippen LogP contribution in [0.25, 0.3) is 11.1 Å². The summed E-state index contributed by atoms with van der Waals surface area (Å²) in [6.07, 6.45) is 3.07. The number of piperazine rings is 1. The molecular formula is C34H36F3N5O3. The van der Waals surface area contributed by atoms with Crippen LogP contribution in [0.3, 0.4) is 0 Å². The highest BCUT2D eigenvalue weighted by molar-refractivity contribution is 5.96. The lowest BCUT2D eigenvalue weighted by Crippen LogP contribution is -2.51. The number of nitrogens with zero attached hydrogens (tertiary/aromatic N) is 4. The zero-order valence-corrected chi connectivity index (χ0v) is 24.9. The average molecular weight is 620 g/mol. The molecule has 1 aliphatic heterocycles. The van der Waals surface area contributed by atoms with Crippen molar-refractivity contribution in [2.75, 3.05) is 37.6 Å². The van der Waals surface area contributed by atoms with Crippen LogP contribution in [-0.2, 0) is 6.18 Å². The van der Waals surface area contributed by atoms with Crippen molar-refractivity contribution >= 4 is 17.6 Å². The summed E-state index contributed by atoms with van der Waals surface area (Å²) in [5.74, 6) is 2.22. The molecule has 0 unspecified atom stereocenters. The van der Waals surface area contributed by atoms with Gasteiger partial charge in [-0.3, -0.25) is 9.59 Å². The average Bonchev–Trinajstić information content (AvgIpc) is 3.02. The Labute approximate surface area is 259 Å². The lowest BCUT2D eigenvalue weighted by atomic mass is 9.49. The predicted octanol–water partition coefficient (Wildman–Crippen LogP) is 5.78. The molecule has 3 aromatic rings. The fourth-order valence-electron chi connectivity index (χ4n) is 8.57. The molecule has 8 nitrogen and oxygen atoms in total. The van der Waals surface area contributed by atoms with E-state index in [1.165, 1.54) is 67.7 Å². The number of alkyl halides is 3. The minimum absolute atomic E-state index is 0.0691. The van der Waals surface area contributed by atoms with Crippen LogP contribution < -0.4 is 10.2 Å². The lowest BCUT2D eigenvalue weighted by Gasteiger charge is -2.56. The van der Waals surface area contributed by atoms with Crippen molar-refractivity contribution in [3.05, 3.63) is 71.4 Å². The molecule has 2 aromatic carbocycles. The van der Waals surface area contributed by atoms with Crippen molar-refractivity contribution in [1.82, 2.24) is 20.4 Å². The SMILES string of the molecule is O=C(NCC12CC3CC(CC(C3)C1)C2)c1ccc(N2CCN(C(=O)c3cc(-c4cccc(O)c4)cc(C(F)(F)F)c3)CC2)nn1. The zero-order valence-electron chi connectivity index (χ0n) is 24.9. The molecule has 8 rings (SSSR count). The van der Waals surface area contributed by atoms with Gasteiger partial charge in [0.25, 0.3) is 11.8 Å². The number of phenols is 1. The Balaban J connectivity index is 0.972. The summed E-state index contributed by atoms with van der Waals surface area (Å²) in [6.45, 7) is 2.08. The molecule has 1 saturated heterocycles. The highest BCUT2D eigenvalue weighted by Gasteiger charge is 2.50. The van der Waals surface area contributed by atoms with E-state index in [1.54, 1.807) is 18.2 Å². The highest BCUT2D eigenvalue weighted by Crippen LogP contribution is 2.59. The molecule has 4 aliphatic carbocycles. The summed E-state index contributed by atoms with van der Waals surface area (Å²) in [6, 6.07) is 12.6. The van der Waals surface area contributed by atoms with Crippen molar-refractivity contribution in [1.29, 1.82) is 0 Å². The van der Waals surface area contributed by atoms with E-state index in [0.717, 1.165) is 29.9 Å². The molecule has 0 spiro atoms. The molecule has 2 amide bonds. The van der Waals surface area contributed by atoms with Crippen molar-refractivity contribution in [2.45, 2.75) is 44.7 Å². The van der Waals surface area contributed by atoms with E-state index >= 15 is 0 Å². The molecule has 2 heterocycles. The number of hydrogen-bond donors (Lipinski definition) is 2. The maximum atomic E-state index is 13.7. The van der Waals surface area contributed by atoms with Gasteiger partial charge in [-0.2, -0.15) is 13.2 Å². The van der Waals surface area contributed by atoms with Crippen LogP contribution in [0.2, 0.25) is 0 Å². The fraction of sp³-hybridized carbons (Fsp3) is 0.471. The number of benzene rings is 2. The predicted molar refractivity (Wildman–Crippen MR) is 162 cm³/mol. The van der Waals surface area contributed by atoms with Crippen LogP contribution in [0.5, 0.6) is 5.75 Å². The summed E-state index contributed by atoms with van der Waals surface area (Å²) in [5.41, 5.74) is 0.0745. The van der Waals surface area contributed by atoms with Gasteiger partial charge in [-0.15, -0.1) is 10.2 Å². The second-order valence-electron chi connectivity index (χ2n) is 13.5. The number of aromatic hydroxyl groups is 1. The Morgan fingerprint density at radius 2 is 1.56 bits per heavy atom. The lowest BCUT2D eigenvalue weighted by molar-refractivity contribution is -0.137. The molecule has 5 fully saturated rings. The van der Waals surface area contributed by atoms with E-state index in [1.807, 2.05) is 4.90 Å². The minimum Gasteiger partial charge on any atom is -0.508 e. The Kier molecular flexibility index (Phi) is 7.44. The van der Waals surface area contributed by atoms with Crippen molar-refractivity contribution < 1.29 is 27.9 Å². The second-order valence-corrected chi connectivity index (χ2v) is 13.5. The standard InChI is InChI=1S/C34H36F3N5O3/c35-34(36,37)27-14-25(24-2-1-3-28(43)16-24)13-26(15-27)32(45)42-8-6-41(7-9-42)30-5-4-29(39-40-30)31(44)38-20-33-17-21-10-22(18-33)12-23(11-21)19-33/h1-5,13-16,21-23,43H,6-12,17-20H2,(H,38,44). The maximum Gasteiger partial charge on any atom is 0.416 e. The monoisotopic (exact) mass is 619 g/mol. The number of carbonyl (C=O) groups is 2. The molecule has 2 N–H and O–H groups in total. The van der Waals surface area contributed by atoms with E-state index in [4.69, 9.17) is 0 Å². The number of nitrogens with one attached hydrogen (secondary N) is 1. The van der Waals surface area contributed by atoms with E-state index in [2.05, 4.69) is 15.5 Å². The van der Waals surface area contributed by atoms with Gasteiger partial charge in [-0.25, -0.2) is 0 Å². The molecule has 0 atom stereocenters. The van der Waals surface area contributed by atoms with Gasteiger partial charge >= 0.3 is 6.18 Å². The summed E-state index contributed by atoms with van der Waals surface area (Å²) >= 11 is 0. The quantitative estimate of drug-likeness (QED) is 0.363. The normalized spacial score (nSPS) is 25.8. The molecule has 11 heteroatoms. The molecular weight excluding hydrogens is 583 g/mol. The molecule has 45 heavy (non-hydrogen) atoms. The fourth-order valence-corrected chi connectivity index (χ4v) is 8.57. The number of aromatic nitrogens is 2. The van der Waals surface area contributed by atoms with Gasteiger partial charge in [0.15, 0.2) is 11.5 Å². The van der Waals surface area contributed by atoms with E-state index in [9.17, 15) is 27.9 Å². The van der Waals surface area contributed by atoms with Crippen LogP contribution in [0.1, 0.15) is 64.9 Å².